The predicted molar refractivity (Wildman–Crippen MR) is 52.9 cm³/mol. The second-order valence-electron chi connectivity index (χ2n) is 3.15. The fourth-order valence-corrected chi connectivity index (χ4v) is 1.96. The third-order valence-electron chi connectivity index (χ3n) is 2.12. The van der Waals surface area contributed by atoms with Crippen molar-refractivity contribution in [1.29, 1.82) is 0 Å². The first-order valence-electron chi connectivity index (χ1n) is 4.64. The largest absolute Gasteiger partial charge is 0.368 e. The molecule has 0 saturated carbocycles. The summed E-state index contributed by atoms with van der Waals surface area (Å²) in [5, 5.41) is 5.63. The lowest BCUT2D eigenvalue weighted by Gasteiger charge is -2.08. The number of thiazole rings is 1. The molecule has 0 bridgehead atoms. The standard InChI is InChI=1S/C9H12N2O2S/c12-9(7-2-1-4-13-7)11-6-8-10-3-5-14-8/h3,5,7H,1-2,4,6H2,(H,11,12). The average Bonchev–Trinajstić information content (AvgIpc) is 2.87. The van der Waals surface area contributed by atoms with Crippen LogP contribution in [-0.4, -0.2) is 23.6 Å². The molecule has 1 fully saturated rings. The first-order valence-corrected chi connectivity index (χ1v) is 5.52. The number of ether oxygens (including phenoxy) is 1. The molecule has 2 rings (SSSR count). The fraction of sp³-hybridized carbons (Fsp3) is 0.556. The van der Waals surface area contributed by atoms with Crippen molar-refractivity contribution in [3.8, 4) is 0 Å². The summed E-state index contributed by atoms with van der Waals surface area (Å²) in [6.45, 7) is 1.21. The van der Waals surface area contributed by atoms with E-state index in [2.05, 4.69) is 10.3 Å². The van der Waals surface area contributed by atoms with Gasteiger partial charge in [0.15, 0.2) is 0 Å². The van der Waals surface area contributed by atoms with E-state index in [4.69, 9.17) is 4.74 Å². The number of hydrogen-bond donors (Lipinski definition) is 1. The van der Waals surface area contributed by atoms with E-state index in [0.29, 0.717) is 13.2 Å². The quantitative estimate of drug-likeness (QED) is 0.811. The monoisotopic (exact) mass is 212 g/mol. The Balaban J connectivity index is 1.77. The zero-order valence-corrected chi connectivity index (χ0v) is 8.55. The van der Waals surface area contributed by atoms with Gasteiger partial charge in [0.05, 0.1) is 6.54 Å². The molecule has 4 nitrogen and oxygen atoms in total. The number of hydrogen-bond acceptors (Lipinski definition) is 4. The van der Waals surface area contributed by atoms with E-state index in [1.165, 1.54) is 0 Å². The lowest BCUT2D eigenvalue weighted by Crippen LogP contribution is -2.33. The highest BCUT2D eigenvalue weighted by molar-refractivity contribution is 7.09. The zero-order chi connectivity index (χ0) is 9.80. The summed E-state index contributed by atoms with van der Waals surface area (Å²) in [6.07, 6.45) is 3.31. The van der Waals surface area contributed by atoms with Gasteiger partial charge in [0.25, 0.3) is 0 Å². The number of nitrogens with one attached hydrogen (secondary N) is 1. The van der Waals surface area contributed by atoms with Gasteiger partial charge in [-0.25, -0.2) is 4.98 Å². The second kappa shape index (κ2) is 4.52. The molecule has 1 atom stereocenters. The number of carbonyl (C=O) groups is 1. The molecular formula is C9H12N2O2S. The Kier molecular flexibility index (Phi) is 3.10. The SMILES string of the molecule is O=C(NCc1nccs1)C1CCCO1. The van der Waals surface area contributed by atoms with Gasteiger partial charge in [-0.3, -0.25) is 4.79 Å². The van der Waals surface area contributed by atoms with Crippen LogP contribution in [0.25, 0.3) is 0 Å². The molecule has 76 valence electrons. The van der Waals surface area contributed by atoms with Crippen molar-refractivity contribution in [2.75, 3.05) is 6.61 Å². The van der Waals surface area contributed by atoms with Gasteiger partial charge in [0, 0.05) is 18.2 Å². The van der Waals surface area contributed by atoms with Gasteiger partial charge in [-0.1, -0.05) is 0 Å². The zero-order valence-electron chi connectivity index (χ0n) is 7.73. The van der Waals surface area contributed by atoms with Gasteiger partial charge in [-0.2, -0.15) is 0 Å². The van der Waals surface area contributed by atoms with Crippen LogP contribution in [0.4, 0.5) is 0 Å². The lowest BCUT2D eigenvalue weighted by atomic mass is 10.2. The number of rotatable bonds is 3. The third-order valence-corrected chi connectivity index (χ3v) is 2.90. The van der Waals surface area contributed by atoms with E-state index in [0.717, 1.165) is 17.8 Å². The van der Waals surface area contributed by atoms with Gasteiger partial charge in [0.1, 0.15) is 11.1 Å². The van der Waals surface area contributed by atoms with Crippen molar-refractivity contribution >= 4 is 17.2 Å². The van der Waals surface area contributed by atoms with Gasteiger partial charge in [0.2, 0.25) is 5.91 Å². The summed E-state index contributed by atoms with van der Waals surface area (Å²) >= 11 is 1.54. The Bertz CT molecular complexity index is 294. The highest BCUT2D eigenvalue weighted by Crippen LogP contribution is 2.12. The summed E-state index contributed by atoms with van der Waals surface area (Å²) in [4.78, 5) is 15.6. The molecule has 1 amide bonds. The van der Waals surface area contributed by atoms with E-state index in [1.807, 2.05) is 5.38 Å². The van der Waals surface area contributed by atoms with Crippen LogP contribution < -0.4 is 5.32 Å². The van der Waals surface area contributed by atoms with Crippen LogP contribution in [0.5, 0.6) is 0 Å². The lowest BCUT2D eigenvalue weighted by molar-refractivity contribution is -0.130. The molecule has 1 N–H and O–H groups in total. The maximum absolute atomic E-state index is 11.5. The molecule has 1 unspecified atom stereocenters. The number of nitrogens with zero attached hydrogens (tertiary/aromatic N) is 1. The molecule has 2 heterocycles. The summed E-state index contributed by atoms with van der Waals surface area (Å²) in [5.74, 6) is -0.0160. The molecule has 0 radical (unpaired) electrons. The minimum Gasteiger partial charge on any atom is -0.368 e. The first-order chi connectivity index (χ1) is 6.86. The molecule has 1 aliphatic rings. The molecule has 0 aliphatic carbocycles. The van der Waals surface area contributed by atoms with Crippen LogP contribution in [-0.2, 0) is 16.1 Å². The Morgan fingerprint density at radius 3 is 3.36 bits per heavy atom. The minimum atomic E-state index is -0.241. The van der Waals surface area contributed by atoms with Gasteiger partial charge in [-0.15, -0.1) is 11.3 Å². The van der Waals surface area contributed by atoms with Crippen molar-refractivity contribution in [3.05, 3.63) is 16.6 Å². The van der Waals surface area contributed by atoms with Crippen LogP contribution >= 0.6 is 11.3 Å². The molecule has 1 saturated heterocycles. The first kappa shape index (κ1) is 9.61. The molecule has 5 heteroatoms. The van der Waals surface area contributed by atoms with Crippen molar-refractivity contribution in [2.45, 2.75) is 25.5 Å². The normalized spacial score (nSPS) is 21.0. The minimum absolute atomic E-state index is 0.0160. The Morgan fingerprint density at radius 2 is 2.71 bits per heavy atom. The summed E-state index contributed by atoms with van der Waals surface area (Å²) < 4.78 is 5.26. The maximum Gasteiger partial charge on any atom is 0.249 e. The summed E-state index contributed by atoms with van der Waals surface area (Å²) in [7, 11) is 0. The fourth-order valence-electron chi connectivity index (χ4n) is 1.40. The van der Waals surface area contributed by atoms with Crippen molar-refractivity contribution in [2.24, 2.45) is 0 Å². The molecule has 1 aromatic heterocycles. The number of carbonyl (C=O) groups excluding carboxylic acids is 1. The Hall–Kier alpha value is -0.940. The molecular weight excluding hydrogens is 200 g/mol. The van der Waals surface area contributed by atoms with Crippen molar-refractivity contribution < 1.29 is 9.53 Å². The molecule has 14 heavy (non-hydrogen) atoms. The molecule has 0 spiro atoms. The topological polar surface area (TPSA) is 51.2 Å². The molecule has 1 aliphatic heterocycles. The maximum atomic E-state index is 11.5. The second-order valence-corrected chi connectivity index (χ2v) is 4.12. The van der Waals surface area contributed by atoms with Gasteiger partial charge < -0.3 is 10.1 Å². The average molecular weight is 212 g/mol. The predicted octanol–water partition coefficient (Wildman–Crippen LogP) is 0.938. The van der Waals surface area contributed by atoms with E-state index in [1.54, 1.807) is 17.5 Å². The Morgan fingerprint density at radius 1 is 1.79 bits per heavy atom. The van der Waals surface area contributed by atoms with Crippen LogP contribution in [0.2, 0.25) is 0 Å². The van der Waals surface area contributed by atoms with Crippen LogP contribution in [0, 0.1) is 0 Å². The van der Waals surface area contributed by atoms with Crippen LogP contribution in [0.15, 0.2) is 11.6 Å². The number of amides is 1. The van der Waals surface area contributed by atoms with Gasteiger partial charge >= 0.3 is 0 Å². The molecule has 0 aromatic carbocycles. The van der Waals surface area contributed by atoms with E-state index >= 15 is 0 Å². The van der Waals surface area contributed by atoms with Gasteiger partial charge in [-0.05, 0) is 12.8 Å². The van der Waals surface area contributed by atoms with E-state index in [-0.39, 0.29) is 12.0 Å². The van der Waals surface area contributed by atoms with Crippen LogP contribution in [0.3, 0.4) is 0 Å². The smallest absolute Gasteiger partial charge is 0.249 e. The molecule has 1 aromatic rings. The van der Waals surface area contributed by atoms with Crippen molar-refractivity contribution in [3.63, 3.8) is 0 Å². The van der Waals surface area contributed by atoms with E-state index in [9.17, 15) is 4.79 Å². The third kappa shape index (κ3) is 2.30. The summed E-state index contributed by atoms with van der Waals surface area (Å²) in [5.41, 5.74) is 0. The van der Waals surface area contributed by atoms with E-state index < -0.39 is 0 Å². The highest BCUT2D eigenvalue weighted by Gasteiger charge is 2.23. The number of aromatic nitrogens is 1. The van der Waals surface area contributed by atoms with Crippen LogP contribution in [0.1, 0.15) is 17.8 Å². The highest BCUT2D eigenvalue weighted by atomic mass is 32.1. The summed E-state index contributed by atoms with van der Waals surface area (Å²) in [6, 6.07) is 0. The van der Waals surface area contributed by atoms with Crippen molar-refractivity contribution in [1.82, 2.24) is 10.3 Å². The Labute approximate surface area is 86.3 Å².